The molecule has 172 valence electrons. The molecule has 0 unspecified atom stereocenters. The van der Waals surface area contributed by atoms with E-state index in [2.05, 4.69) is 46.2 Å². The van der Waals surface area contributed by atoms with Crippen LogP contribution in [0.2, 0.25) is 0 Å². The topological polar surface area (TPSA) is 98.2 Å². The van der Waals surface area contributed by atoms with Crippen LogP contribution in [0.15, 0.2) is 23.0 Å². The van der Waals surface area contributed by atoms with Crippen molar-refractivity contribution >= 4 is 10.9 Å². The van der Waals surface area contributed by atoms with Crippen LogP contribution in [0.25, 0.3) is 10.9 Å². The van der Waals surface area contributed by atoms with E-state index >= 15 is 0 Å². The summed E-state index contributed by atoms with van der Waals surface area (Å²) in [6.07, 6.45) is 4.24. The van der Waals surface area contributed by atoms with Gasteiger partial charge in [-0.2, -0.15) is 0 Å². The summed E-state index contributed by atoms with van der Waals surface area (Å²) >= 11 is 0. The molecule has 0 bridgehead atoms. The van der Waals surface area contributed by atoms with E-state index in [0.717, 1.165) is 37.7 Å². The molecule has 0 amide bonds. The smallest absolute Gasteiger partial charge is 0.253 e. The molecule has 0 saturated carbocycles. The number of benzene rings is 1. The van der Waals surface area contributed by atoms with Crippen LogP contribution in [0.3, 0.4) is 0 Å². The van der Waals surface area contributed by atoms with Crippen molar-refractivity contribution in [3.63, 3.8) is 0 Å². The van der Waals surface area contributed by atoms with Crippen molar-refractivity contribution in [1.82, 2.24) is 30.1 Å². The van der Waals surface area contributed by atoms with Gasteiger partial charge in [0.25, 0.3) is 5.56 Å². The molecule has 9 nitrogen and oxygen atoms in total. The Morgan fingerprint density at radius 2 is 1.78 bits per heavy atom. The molecule has 1 N–H and O–H groups in total. The van der Waals surface area contributed by atoms with Crippen molar-refractivity contribution in [2.75, 3.05) is 27.3 Å². The van der Waals surface area contributed by atoms with Crippen LogP contribution >= 0.6 is 0 Å². The first kappa shape index (κ1) is 22.3. The summed E-state index contributed by atoms with van der Waals surface area (Å²) in [6, 6.07) is 5.28. The number of hydrogen-bond acceptors (Lipinski definition) is 7. The van der Waals surface area contributed by atoms with Crippen molar-refractivity contribution in [2.45, 2.75) is 58.0 Å². The summed E-state index contributed by atoms with van der Waals surface area (Å²) in [5.41, 5.74) is 0.911. The minimum absolute atomic E-state index is 0.149. The molecule has 1 saturated heterocycles. The largest absolute Gasteiger partial charge is 0.493 e. The Morgan fingerprint density at radius 1 is 1.09 bits per heavy atom. The van der Waals surface area contributed by atoms with E-state index in [4.69, 9.17) is 9.47 Å². The van der Waals surface area contributed by atoms with E-state index in [9.17, 15) is 4.79 Å². The van der Waals surface area contributed by atoms with Crippen LogP contribution in [0.4, 0.5) is 0 Å². The number of aromatic amines is 1. The normalized spacial score (nSPS) is 16.3. The average molecular weight is 441 g/mol. The maximum atomic E-state index is 13.4. The lowest BCUT2D eigenvalue weighted by molar-refractivity contribution is 0.167. The van der Waals surface area contributed by atoms with Gasteiger partial charge in [-0.25, -0.2) is 4.68 Å². The summed E-state index contributed by atoms with van der Waals surface area (Å²) in [4.78, 5) is 18.7. The minimum atomic E-state index is -0.336. The lowest BCUT2D eigenvalue weighted by Crippen LogP contribution is -2.40. The molecule has 1 aliphatic heterocycles. The standard InChI is InChI=1S/C23H32N6O3/c1-6-23(2,3)29-21(25-26-27-29)20(28-10-8-7-9-11-28)16-12-15-13-18(31-4)19(32-5)14-17(15)24-22(16)30/h12-14,20H,6-11H2,1-5H3,(H,24,30)/t20-/m0/s1. The second-order valence-electron chi connectivity index (χ2n) is 8.96. The van der Waals surface area contributed by atoms with Gasteiger partial charge in [-0.3, -0.25) is 9.69 Å². The molecule has 3 aromatic rings. The third-order valence-corrected chi connectivity index (χ3v) is 6.60. The summed E-state index contributed by atoms with van der Waals surface area (Å²) in [7, 11) is 3.19. The highest BCUT2D eigenvalue weighted by atomic mass is 16.5. The predicted molar refractivity (Wildman–Crippen MR) is 122 cm³/mol. The number of fused-ring (bicyclic) bond motifs is 1. The van der Waals surface area contributed by atoms with Crippen molar-refractivity contribution < 1.29 is 9.47 Å². The molecule has 0 aliphatic carbocycles. The Bertz CT molecular complexity index is 1150. The van der Waals surface area contributed by atoms with E-state index in [-0.39, 0.29) is 17.1 Å². The highest BCUT2D eigenvalue weighted by Crippen LogP contribution is 2.35. The van der Waals surface area contributed by atoms with Crippen molar-refractivity contribution in [1.29, 1.82) is 0 Å². The van der Waals surface area contributed by atoms with E-state index in [0.29, 0.717) is 28.4 Å². The monoisotopic (exact) mass is 440 g/mol. The third-order valence-electron chi connectivity index (χ3n) is 6.60. The molecule has 32 heavy (non-hydrogen) atoms. The number of methoxy groups -OCH3 is 2. The lowest BCUT2D eigenvalue weighted by Gasteiger charge is -2.35. The molecule has 1 fully saturated rings. The first-order valence-corrected chi connectivity index (χ1v) is 11.2. The Kier molecular flexibility index (Phi) is 6.19. The first-order valence-electron chi connectivity index (χ1n) is 11.2. The zero-order valence-corrected chi connectivity index (χ0v) is 19.5. The third kappa shape index (κ3) is 3.97. The average Bonchev–Trinajstić information content (AvgIpc) is 3.30. The van der Waals surface area contributed by atoms with Crippen LogP contribution in [-0.4, -0.2) is 57.4 Å². The zero-order valence-electron chi connectivity index (χ0n) is 19.5. The maximum absolute atomic E-state index is 13.4. The Hall–Kier alpha value is -2.94. The summed E-state index contributed by atoms with van der Waals surface area (Å²) in [5.74, 6) is 1.89. The van der Waals surface area contributed by atoms with Gasteiger partial charge in [0.2, 0.25) is 0 Å². The Balaban J connectivity index is 1.91. The molecule has 1 aliphatic rings. The SMILES string of the molecule is CCC(C)(C)n1nnnc1[C@H](c1cc2cc(OC)c(OC)cc2[nH]c1=O)N1CCCCC1. The summed E-state index contributed by atoms with van der Waals surface area (Å²) in [6.45, 7) is 8.13. The fraction of sp³-hybridized carbons (Fsp3) is 0.565. The highest BCUT2D eigenvalue weighted by Gasteiger charge is 2.34. The molecule has 1 atom stereocenters. The number of tetrazole rings is 1. The van der Waals surface area contributed by atoms with Gasteiger partial charge in [-0.05, 0) is 68.8 Å². The number of nitrogens with one attached hydrogen (secondary N) is 1. The van der Waals surface area contributed by atoms with Gasteiger partial charge in [-0.15, -0.1) is 5.10 Å². The number of nitrogens with zero attached hydrogens (tertiary/aromatic N) is 5. The molecule has 9 heteroatoms. The van der Waals surface area contributed by atoms with E-state index in [1.807, 2.05) is 16.8 Å². The summed E-state index contributed by atoms with van der Waals surface area (Å²) < 4.78 is 12.8. The molecule has 4 rings (SSSR count). The van der Waals surface area contributed by atoms with Gasteiger partial charge in [0, 0.05) is 17.0 Å². The lowest BCUT2D eigenvalue weighted by atomic mass is 9.98. The van der Waals surface area contributed by atoms with Crippen LogP contribution in [0, 0.1) is 0 Å². The Morgan fingerprint density at radius 3 is 2.44 bits per heavy atom. The molecule has 0 spiro atoms. The number of hydrogen-bond donors (Lipinski definition) is 1. The fourth-order valence-electron chi connectivity index (χ4n) is 4.37. The Labute approximate surface area is 187 Å². The van der Waals surface area contributed by atoms with Gasteiger partial charge in [0.05, 0.1) is 25.3 Å². The zero-order chi connectivity index (χ0) is 22.9. The van der Waals surface area contributed by atoms with Gasteiger partial charge in [0.15, 0.2) is 17.3 Å². The highest BCUT2D eigenvalue weighted by molar-refractivity contribution is 5.83. The molecule has 1 aromatic carbocycles. The number of piperidine rings is 1. The van der Waals surface area contributed by atoms with Crippen LogP contribution in [-0.2, 0) is 5.54 Å². The van der Waals surface area contributed by atoms with E-state index < -0.39 is 0 Å². The summed E-state index contributed by atoms with van der Waals surface area (Å²) in [5, 5.41) is 13.6. The number of likely N-dealkylation sites (tertiary alicyclic amines) is 1. The fourth-order valence-corrected chi connectivity index (χ4v) is 4.37. The van der Waals surface area contributed by atoms with Gasteiger partial charge >= 0.3 is 0 Å². The number of rotatable bonds is 7. The number of ether oxygens (including phenoxy) is 2. The quantitative estimate of drug-likeness (QED) is 0.602. The number of H-pyrrole nitrogens is 1. The molecule has 3 heterocycles. The minimum Gasteiger partial charge on any atom is -0.493 e. The first-order chi connectivity index (χ1) is 15.4. The second kappa shape index (κ2) is 8.90. The molecular formula is C23H32N6O3. The van der Waals surface area contributed by atoms with Crippen molar-refractivity contribution in [3.05, 3.63) is 39.9 Å². The van der Waals surface area contributed by atoms with Gasteiger partial charge < -0.3 is 14.5 Å². The van der Waals surface area contributed by atoms with E-state index in [1.165, 1.54) is 6.42 Å². The number of aromatic nitrogens is 5. The van der Waals surface area contributed by atoms with Gasteiger partial charge in [0.1, 0.15) is 6.04 Å². The molecule has 2 aromatic heterocycles. The second-order valence-corrected chi connectivity index (χ2v) is 8.96. The van der Waals surface area contributed by atoms with Crippen molar-refractivity contribution in [3.8, 4) is 11.5 Å². The van der Waals surface area contributed by atoms with Crippen molar-refractivity contribution in [2.24, 2.45) is 0 Å². The maximum Gasteiger partial charge on any atom is 0.253 e. The molecular weight excluding hydrogens is 408 g/mol. The van der Waals surface area contributed by atoms with Gasteiger partial charge in [-0.1, -0.05) is 13.3 Å². The number of pyridine rings is 1. The predicted octanol–water partition coefficient (Wildman–Crippen LogP) is 3.25. The van der Waals surface area contributed by atoms with E-state index in [1.54, 1.807) is 20.3 Å². The van der Waals surface area contributed by atoms with Crippen LogP contribution in [0.5, 0.6) is 11.5 Å². The molecule has 0 radical (unpaired) electrons. The van der Waals surface area contributed by atoms with Crippen LogP contribution < -0.4 is 15.0 Å². The van der Waals surface area contributed by atoms with Crippen LogP contribution in [0.1, 0.15) is 63.9 Å².